The van der Waals surface area contributed by atoms with E-state index in [9.17, 15) is 9.59 Å². The number of hydrogen-bond donors (Lipinski definition) is 2. The molecule has 1 aliphatic carbocycles. The third-order valence-corrected chi connectivity index (χ3v) is 4.52. The molecular formula is C14H24N2O3. The lowest BCUT2D eigenvalue weighted by Gasteiger charge is -2.32. The number of carboxylic acids is 1. The summed E-state index contributed by atoms with van der Waals surface area (Å²) in [5.74, 6) is -0.605. The van der Waals surface area contributed by atoms with Gasteiger partial charge in [0.15, 0.2) is 0 Å². The summed E-state index contributed by atoms with van der Waals surface area (Å²) in [4.78, 5) is 24.8. The number of hydrogen-bond acceptors (Lipinski definition) is 2. The highest BCUT2D eigenvalue weighted by Gasteiger charge is 2.30. The Morgan fingerprint density at radius 2 is 1.89 bits per heavy atom. The molecule has 2 atom stereocenters. The first-order valence-corrected chi connectivity index (χ1v) is 7.36. The summed E-state index contributed by atoms with van der Waals surface area (Å²) in [5.41, 5.74) is 0. The Bertz CT molecular complexity index is 340. The Labute approximate surface area is 114 Å². The van der Waals surface area contributed by atoms with Crippen LogP contribution in [0.1, 0.15) is 45.4 Å². The molecule has 0 aromatic heterocycles. The van der Waals surface area contributed by atoms with Gasteiger partial charge in [0.05, 0.1) is 5.92 Å². The van der Waals surface area contributed by atoms with Crippen molar-refractivity contribution >= 4 is 12.0 Å². The van der Waals surface area contributed by atoms with E-state index in [1.54, 1.807) is 4.90 Å². The first-order valence-electron chi connectivity index (χ1n) is 7.36. The van der Waals surface area contributed by atoms with Gasteiger partial charge in [0.1, 0.15) is 0 Å². The van der Waals surface area contributed by atoms with E-state index in [4.69, 9.17) is 5.11 Å². The summed E-state index contributed by atoms with van der Waals surface area (Å²) in [6, 6.07) is 0.102. The fourth-order valence-electron chi connectivity index (χ4n) is 3.22. The molecule has 1 saturated heterocycles. The van der Waals surface area contributed by atoms with Crippen LogP contribution in [0.3, 0.4) is 0 Å². The molecule has 2 aliphatic rings. The molecule has 0 aromatic rings. The lowest BCUT2D eigenvalue weighted by molar-refractivity contribution is -0.143. The molecule has 1 saturated carbocycles. The summed E-state index contributed by atoms with van der Waals surface area (Å²) < 4.78 is 0. The topological polar surface area (TPSA) is 69.6 Å². The highest BCUT2D eigenvalue weighted by molar-refractivity contribution is 5.76. The van der Waals surface area contributed by atoms with E-state index in [1.807, 2.05) is 0 Å². The lowest BCUT2D eigenvalue weighted by atomic mass is 9.98. The van der Waals surface area contributed by atoms with E-state index in [0.717, 1.165) is 6.42 Å². The smallest absolute Gasteiger partial charge is 0.317 e. The number of aliphatic carboxylic acids is 1. The van der Waals surface area contributed by atoms with E-state index >= 15 is 0 Å². The maximum absolute atomic E-state index is 12.2. The van der Waals surface area contributed by atoms with Crippen molar-refractivity contribution < 1.29 is 14.7 Å². The van der Waals surface area contributed by atoms with Crippen molar-refractivity contribution in [1.29, 1.82) is 0 Å². The van der Waals surface area contributed by atoms with E-state index < -0.39 is 11.9 Å². The quantitative estimate of drug-likeness (QED) is 0.823. The van der Waals surface area contributed by atoms with Crippen molar-refractivity contribution in [3.05, 3.63) is 0 Å². The minimum absolute atomic E-state index is 0.0923. The third kappa shape index (κ3) is 3.61. The summed E-state index contributed by atoms with van der Waals surface area (Å²) >= 11 is 0. The molecule has 2 rings (SSSR count). The van der Waals surface area contributed by atoms with Crippen LogP contribution in [0, 0.1) is 11.8 Å². The van der Waals surface area contributed by atoms with Crippen molar-refractivity contribution in [2.45, 2.75) is 51.5 Å². The number of rotatable bonds is 3. The number of nitrogens with zero attached hydrogens (tertiary/aromatic N) is 1. The Morgan fingerprint density at radius 1 is 1.21 bits per heavy atom. The average molecular weight is 268 g/mol. The largest absolute Gasteiger partial charge is 0.481 e. The molecule has 0 radical (unpaired) electrons. The first-order chi connectivity index (χ1) is 9.08. The zero-order valence-corrected chi connectivity index (χ0v) is 11.6. The molecule has 0 bridgehead atoms. The molecule has 2 amide bonds. The van der Waals surface area contributed by atoms with Crippen LogP contribution in [0.15, 0.2) is 0 Å². The van der Waals surface area contributed by atoms with Gasteiger partial charge in [-0.15, -0.1) is 0 Å². The van der Waals surface area contributed by atoms with Gasteiger partial charge >= 0.3 is 12.0 Å². The highest BCUT2D eigenvalue weighted by atomic mass is 16.4. The molecule has 0 aromatic carbocycles. The zero-order chi connectivity index (χ0) is 13.8. The summed E-state index contributed by atoms with van der Waals surface area (Å²) in [5, 5.41) is 12.1. The number of nitrogens with one attached hydrogen (secondary N) is 1. The number of piperidine rings is 1. The Hall–Kier alpha value is -1.26. The van der Waals surface area contributed by atoms with Crippen molar-refractivity contribution in [3.63, 3.8) is 0 Å². The number of amides is 2. The van der Waals surface area contributed by atoms with Gasteiger partial charge in [-0.2, -0.15) is 0 Å². The Balaban J connectivity index is 1.83. The number of urea groups is 1. The van der Waals surface area contributed by atoms with Gasteiger partial charge in [0, 0.05) is 19.1 Å². The van der Waals surface area contributed by atoms with Gasteiger partial charge in [0.25, 0.3) is 0 Å². The SMILES string of the molecule is CC(NC(=O)N1CCCC(C(=O)O)C1)C1CCCC1. The van der Waals surface area contributed by atoms with Crippen molar-refractivity contribution in [1.82, 2.24) is 10.2 Å². The van der Waals surface area contributed by atoms with Gasteiger partial charge in [-0.25, -0.2) is 4.79 Å². The third-order valence-electron chi connectivity index (χ3n) is 4.52. The van der Waals surface area contributed by atoms with Crippen LogP contribution < -0.4 is 5.32 Å². The maximum Gasteiger partial charge on any atom is 0.317 e. The van der Waals surface area contributed by atoms with Gasteiger partial charge in [-0.05, 0) is 38.5 Å². The molecule has 108 valence electrons. The van der Waals surface area contributed by atoms with Crippen LogP contribution in [0.25, 0.3) is 0 Å². The number of carbonyl (C=O) groups excluding carboxylic acids is 1. The standard InChI is InChI=1S/C14H24N2O3/c1-10(11-5-2-3-6-11)15-14(19)16-8-4-7-12(9-16)13(17)18/h10-12H,2-9H2,1H3,(H,15,19)(H,17,18). The normalized spacial score (nSPS) is 26.2. The minimum Gasteiger partial charge on any atom is -0.481 e. The Kier molecular flexibility index (Phi) is 4.66. The molecule has 2 fully saturated rings. The second-order valence-electron chi connectivity index (χ2n) is 5.91. The molecule has 1 heterocycles. The van der Waals surface area contributed by atoms with Crippen molar-refractivity contribution in [3.8, 4) is 0 Å². The van der Waals surface area contributed by atoms with Crippen LogP contribution in [0.4, 0.5) is 4.79 Å². The monoisotopic (exact) mass is 268 g/mol. The number of carbonyl (C=O) groups is 2. The second kappa shape index (κ2) is 6.26. The van der Waals surface area contributed by atoms with E-state index in [-0.39, 0.29) is 12.1 Å². The Morgan fingerprint density at radius 3 is 2.53 bits per heavy atom. The van der Waals surface area contributed by atoms with Crippen LogP contribution in [0.5, 0.6) is 0 Å². The predicted octanol–water partition coefficient (Wildman–Crippen LogP) is 2.07. The van der Waals surface area contributed by atoms with Crippen LogP contribution in [-0.4, -0.2) is 41.1 Å². The molecule has 0 spiro atoms. The van der Waals surface area contributed by atoms with Gasteiger partial charge < -0.3 is 15.3 Å². The zero-order valence-electron chi connectivity index (χ0n) is 11.6. The first kappa shape index (κ1) is 14.2. The number of likely N-dealkylation sites (tertiary alicyclic amines) is 1. The lowest BCUT2D eigenvalue weighted by Crippen LogP contribution is -2.50. The average Bonchev–Trinajstić information content (AvgIpc) is 2.92. The summed E-state index contributed by atoms with van der Waals surface area (Å²) in [7, 11) is 0. The molecule has 1 aliphatic heterocycles. The van der Waals surface area contributed by atoms with Crippen molar-refractivity contribution in [2.24, 2.45) is 11.8 Å². The van der Waals surface area contributed by atoms with Crippen LogP contribution >= 0.6 is 0 Å². The maximum atomic E-state index is 12.2. The van der Waals surface area contributed by atoms with Gasteiger partial charge in [-0.3, -0.25) is 4.79 Å². The summed E-state index contributed by atoms with van der Waals surface area (Å²) in [6.45, 7) is 3.08. The van der Waals surface area contributed by atoms with E-state index in [2.05, 4.69) is 12.2 Å². The molecule has 5 nitrogen and oxygen atoms in total. The molecular weight excluding hydrogens is 244 g/mol. The molecule has 2 unspecified atom stereocenters. The van der Waals surface area contributed by atoms with Crippen molar-refractivity contribution in [2.75, 3.05) is 13.1 Å². The fourth-order valence-corrected chi connectivity index (χ4v) is 3.22. The minimum atomic E-state index is -0.790. The molecule has 19 heavy (non-hydrogen) atoms. The summed E-state index contributed by atoms with van der Waals surface area (Å²) in [6.07, 6.45) is 6.36. The number of carboxylic acid groups (broad SMARTS) is 1. The van der Waals surface area contributed by atoms with Crippen LogP contribution in [-0.2, 0) is 4.79 Å². The second-order valence-corrected chi connectivity index (χ2v) is 5.91. The van der Waals surface area contributed by atoms with Gasteiger partial charge in [0.2, 0.25) is 0 Å². The predicted molar refractivity (Wildman–Crippen MR) is 71.9 cm³/mol. The van der Waals surface area contributed by atoms with E-state index in [0.29, 0.717) is 25.4 Å². The molecule has 5 heteroatoms. The fraction of sp³-hybridized carbons (Fsp3) is 0.857. The molecule has 2 N–H and O–H groups in total. The highest BCUT2D eigenvalue weighted by Crippen LogP contribution is 2.27. The van der Waals surface area contributed by atoms with E-state index in [1.165, 1.54) is 25.7 Å². The van der Waals surface area contributed by atoms with Gasteiger partial charge in [-0.1, -0.05) is 12.8 Å². The van der Waals surface area contributed by atoms with Crippen LogP contribution in [0.2, 0.25) is 0 Å².